The van der Waals surface area contributed by atoms with Gasteiger partial charge in [-0.2, -0.15) is 0 Å². The molecule has 0 radical (unpaired) electrons. The summed E-state index contributed by atoms with van der Waals surface area (Å²) in [5, 5.41) is 8.65. The Hall–Kier alpha value is -2.70. The van der Waals surface area contributed by atoms with Gasteiger partial charge in [-0.3, -0.25) is 14.3 Å². The largest absolute Gasteiger partial charge is 0.378 e. The van der Waals surface area contributed by atoms with Crippen molar-refractivity contribution >= 4 is 45.4 Å². The maximum atomic E-state index is 13.5. The number of sulfonamides is 1. The Balaban J connectivity index is 1.71. The number of thiocarbonyl (C=S) groups is 1. The molecule has 1 saturated carbocycles. The Morgan fingerprint density at radius 3 is 2.64 bits per heavy atom. The van der Waals surface area contributed by atoms with Crippen molar-refractivity contribution in [3.63, 3.8) is 0 Å². The quantitative estimate of drug-likeness (QED) is 0.262. The van der Waals surface area contributed by atoms with E-state index in [1.165, 1.54) is 0 Å². The molecule has 2 atom stereocenters. The Morgan fingerprint density at radius 1 is 1.33 bits per heavy atom. The minimum absolute atomic E-state index is 0.0618. The number of carbonyl (C=O) groups is 2. The second-order valence-electron chi connectivity index (χ2n) is 9.46. The number of ether oxygens (including phenoxy) is 1. The van der Waals surface area contributed by atoms with E-state index in [0.717, 1.165) is 18.4 Å². The van der Waals surface area contributed by atoms with E-state index >= 15 is 0 Å². The number of hydrogen-bond donors (Lipinski definition) is 4. The molecule has 12 heteroatoms. The van der Waals surface area contributed by atoms with Gasteiger partial charge in [0.05, 0.1) is 30.4 Å². The average Bonchev–Trinajstić information content (AvgIpc) is 3.63. The molecule has 3 aliphatic rings. The third kappa shape index (κ3) is 5.50. The lowest BCUT2D eigenvalue weighted by atomic mass is 9.73. The van der Waals surface area contributed by atoms with Crippen molar-refractivity contribution < 1.29 is 22.7 Å². The Bertz CT molecular complexity index is 1160. The number of nitrogens with one attached hydrogen (secondary N) is 4. The van der Waals surface area contributed by atoms with Crippen molar-refractivity contribution in [2.45, 2.75) is 56.5 Å². The van der Waals surface area contributed by atoms with Crippen molar-refractivity contribution in [1.29, 1.82) is 0 Å². The fraction of sp³-hybridized carbons (Fsp3) is 0.542. The Labute approximate surface area is 217 Å². The summed E-state index contributed by atoms with van der Waals surface area (Å²) in [6, 6.07) is 4.75. The summed E-state index contributed by atoms with van der Waals surface area (Å²) in [6.07, 6.45) is 5.02. The second-order valence-corrected chi connectivity index (χ2v) is 11.5. The average molecular weight is 536 g/mol. The van der Waals surface area contributed by atoms with Gasteiger partial charge in [0.15, 0.2) is 5.11 Å². The summed E-state index contributed by atoms with van der Waals surface area (Å²) in [5.74, 6) is -0.129. The molecule has 1 saturated heterocycles. The van der Waals surface area contributed by atoms with Crippen LogP contribution in [0.2, 0.25) is 0 Å². The SMILES string of the molecule is CCC1(CC(NC=O)c2ccc(N3CCOCC3)c(S(=O)(=O)NC(=S)NC3CC3)c2)C(=O)NC=C1C. The van der Waals surface area contributed by atoms with Crippen LogP contribution in [0.4, 0.5) is 5.69 Å². The predicted octanol–water partition coefficient (Wildman–Crippen LogP) is 1.45. The Morgan fingerprint density at radius 2 is 2.06 bits per heavy atom. The minimum atomic E-state index is -4.04. The van der Waals surface area contributed by atoms with Gasteiger partial charge in [-0.05, 0) is 68.1 Å². The molecule has 2 heterocycles. The topological polar surface area (TPSA) is 129 Å². The van der Waals surface area contributed by atoms with Gasteiger partial charge in [0.1, 0.15) is 4.90 Å². The number of carbonyl (C=O) groups excluding carboxylic acids is 2. The first-order valence-electron chi connectivity index (χ1n) is 12.2. The highest BCUT2D eigenvalue weighted by molar-refractivity contribution is 7.92. The standard InChI is InChI=1S/C24H33N5O5S2/c1-3-24(16(2)14-25-22(24)31)13-19(26-15-30)17-4-7-20(29-8-10-34-11-9-29)21(12-17)36(32,33)28-23(35)27-18-5-6-18/h4,7,12,14-15,18-19H,3,5-6,8-11,13H2,1-2H3,(H,25,31)(H,26,30)(H2,27,28,35). The van der Waals surface area contributed by atoms with E-state index in [4.69, 9.17) is 17.0 Å². The molecular weight excluding hydrogens is 502 g/mol. The van der Waals surface area contributed by atoms with E-state index in [-0.39, 0.29) is 22.0 Å². The molecule has 2 amide bonds. The zero-order valence-electron chi connectivity index (χ0n) is 20.5. The summed E-state index contributed by atoms with van der Waals surface area (Å²) < 4.78 is 35.0. The molecule has 36 heavy (non-hydrogen) atoms. The summed E-state index contributed by atoms with van der Waals surface area (Å²) in [4.78, 5) is 26.4. The normalized spacial score (nSPS) is 22.9. The van der Waals surface area contributed by atoms with Crippen LogP contribution in [0, 0.1) is 5.41 Å². The van der Waals surface area contributed by atoms with E-state index in [1.807, 2.05) is 18.7 Å². The number of hydrogen-bond acceptors (Lipinski definition) is 7. The summed E-state index contributed by atoms with van der Waals surface area (Å²) in [5.41, 5.74) is 1.20. The van der Waals surface area contributed by atoms with Crippen LogP contribution < -0.4 is 25.6 Å². The first-order chi connectivity index (χ1) is 17.2. The lowest BCUT2D eigenvalue weighted by Crippen LogP contribution is -2.42. The van der Waals surface area contributed by atoms with Crippen LogP contribution in [0.15, 0.2) is 34.9 Å². The zero-order chi connectivity index (χ0) is 25.9. The van der Waals surface area contributed by atoms with Crippen molar-refractivity contribution in [3.8, 4) is 0 Å². The highest BCUT2D eigenvalue weighted by atomic mass is 32.2. The van der Waals surface area contributed by atoms with E-state index in [2.05, 4.69) is 20.7 Å². The molecular formula is C24H33N5O5S2. The third-order valence-electron chi connectivity index (χ3n) is 7.20. The lowest BCUT2D eigenvalue weighted by Gasteiger charge is -2.33. The van der Waals surface area contributed by atoms with Crippen molar-refractivity contribution in [2.24, 2.45) is 5.41 Å². The molecule has 196 valence electrons. The lowest BCUT2D eigenvalue weighted by molar-refractivity contribution is -0.128. The van der Waals surface area contributed by atoms with Crippen molar-refractivity contribution in [2.75, 3.05) is 31.2 Å². The molecule has 10 nitrogen and oxygen atoms in total. The Kier molecular flexibility index (Phi) is 7.86. The monoisotopic (exact) mass is 535 g/mol. The zero-order valence-corrected chi connectivity index (χ0v) is 22.1. The van der Waals surface area contributed by atoms with Gasteiger partial charge in [-0.1, -0.05) is 13.0 Å². The molecule has 2 fully saturated rings. The van der Waals surface area contributed by atoms with Crippen LogP contribution in [0.25, 0.3) is 0 Å². The second kappa shape index (κ2) is 10.7. The number of amides is 2. The van der Waals surface area contributed by atoms with Gasteiger partial charge < -0.3 is 25.6 Å². The fourth-order valence-corrected chi connectivity index (χ4v) is 6.49. The molecule has 2 aliphatic heterocycles. The smallest absolute Gasteiger partial charge is 0.265 e. The number of anilines is 1. The molecule has 4 rings (SSSR count). The third-order valence-corrected chi connectivity index (χ3v) is 8.93. The summed E-state index contributed by atoms with van der Waals surface area (Å²) in [7, 11) is -4.04. The van der Waals surface area contributed by atoms with Gasteiger partial charge in [0.2, 0.25) is 12.3 Å². The summed E-state index contributed by atoms with van der Waals surface area (Å²) in [6.45, 7) is 5.89. The fourth-order valence-electron chi connectivity index (χ4n) is 4.82. The first-order valence-corrected chi connectivity index (χ1v) is 14.1. The highest BCUT2D eigenvalue weighted by Gasteiger charge is 2.44. The van der Waals surface area contributed by atoms with Crippen LogP contribution >= 0.6 is 12.2 Å². The molecule has 0 aromatic heterocycles. The maximum absolute atomic E-state index is 13.5. The number of morpholine rings is 1. The van der Waals surface area contributed by atoms with Gasteiger partial charge >= 0.3 is 0 Å². The molecule has 1 aromatic carbocycles. The van der Waals surface area contributed by atoms with Crippen LogP contribution in [-0.2, 0) is 24.3 Å². The molecule has 4 N–H and O–H groups in total. The van der Waals surface area contributed by atoms with E-state index in [1.54, 1.807) is 24.4 Å². The number of rotatable bonds is 10. The van der Waals surface area contributed by atoms with Crippen LogP contribution in [-0.4, -0.2) is 58.2 Å². The van der Waals surface area contributed by atoms with Gasteiger partial charge in [-0.25, -0.2) is 8.42 Å². The highest BCUT2D eigenvalue weighted by Crippen LogP contribution is 2.43. The van der Waals surface area contributed by atoms with Crippen LogP contribution in [0.5, 0.6) is 0 Å². The molecule has 1 aliphatic carbocycles. The maximum Gasteiger partial charge on any atom is 0.265 e. The molecule has 0 bridgehead atoms. The van der Waals surface area contributed by atoms with Crippen molar-refractivity contribution in [1.82, 2.24) is 20.7 Å². The van der Waals surface area contributed by atoms with E-state index < -0.39 is 21.5 Å². The number of nitrogens with zero attached hydrogens (tertiary/aromatic N) is 1. The van der Waals surface area contributed by atoms with Crippen LogP contribution in [0.1, 0.15) is 51.1 Å². The van der Waals surface area contributed by atoms with Crippen molar-refractivity contribution in [3.05, 3.63) is 35.5 Å². The summed E-state index contributed by atoms with van der Waals surface area (Å²) >= 11 is 5.25. The van der Waals surface area contributed by atoms with Gasteiger partial charge in [-0.15, -0.1) is 0 Å². The molecule has 0 spiro atoms. The van der Waals surface area contributed by atoms with Gasteiger partial charge in [0.25, 0.3) is 10.0 Å². The van der Waals surface area contributed by atoms with Gasteiger partial charge in [0, 0.05) is 25.3 Å². The first kappa shape index (κ1) is 26.4. The van der Waals surface area contributed by atoms with E-state index in [0.29, 0.717) is 56.8 Å². The minimum Gasteiger partial charge on any atom is -0.378 e. The van der Waals surface area contributed by atoms with E-state index in [9.17, 15) is 18.0 Å². The molecule has 1 aromatic rings. The van der Waals surface area contributed by atoms with Crippen LogP contribution in [0.3, 0.4) is 0 Å². The number of benzene rings is 1. The molecule has 2 unspecified atom stereocenters. The predicted molar refractivity (Wildman–Crippen MR) is 140 cm³/mol.